The van der Waals surface area contributed by atoms with Crippen LogP contribution >= 0.6 is 0 Å². The molecule has 1 aromatic carbocycles. The number of benzene rings is 1. The van der Waals surface area contributed by atoms with E-state index in [4.69, 9.17) is 9.84 Å². The van der Waals surface area contributed by atoms with Gasteiger partial charge in [0.2, 0.25) is 0 Å². The SMILES string of the molecule is CCC(C)CNC(=O)Nc1cccc(OCC(=O)O)c1. The van der Waals surface area contributed by atoms with Gasteiger partial charge in [-0.1, -0.05) is 26.3 Å². The minimum Gasteiger partial charge on any atom is -0.482 e. The minimum atomic E-state index is -1.05. The first kappa shape index (κ1) is 15.8. The van der Waals surface area contributed by atoms with Crippen molar-refractivity contribution in [3.8, 4) is 5.75 Å². The van der Waals surface area contributed by atoms with Crippen LogP contribution in [0.15, 0.2) is 24.3 Å². The average Bonchev–Trinajstić information content (AvgIpc) is 2.43. The predicted octanol–water partition coefficient (Wildman–Crippen LogP) is 2.32. The summed E-state index contributed by atoms with van der Waals surface area (Å²) in [6.45, 7) is 4.31. The molecule has 0 aromatic heterocycles. The lowest BCUT2D eigenvalue weighted by atomic mass is 10.1. The van der Waals surface area contributed by atoms with Crippen LogP contribution in [0.2, 0.25) is 0 Å². The quantitative estimate of drug-likeness (QED) is 0.715. The minimum absolute atomic E-state index is 0.291. The Bertz CT molecular complexity index is 462. The summed E-state index contributed by atoms with van der Waals surface area (Å²) < 4.78 is 5.03. The van der Waals surface area contributed by atoms with Crippen LogP contribution in [-0.2, 0) is 4.79 Å². The molecule has 0 radical (unpaired) electrons. The van der Waals surface area contributed by atoms with Crippen molar-refractivity contribution in [3.05, 3.63) is 24.3 Å². The van der Waals surface area contributed by atoms with Crippen LogP contribution in [0.1, 0.15) is 20.3 Å². The third kappa shape index (κ3) is 6.08. The van der Waals surface area contributed by atoms with Crippen molar-refractivity contribution in [2.75, 3.05) is 18.5 Å². The van der Waals surface area contributed by atoms with Gasteiger partial charge in [0.25, 0.3) is 0 Å². The number of carboxylic acids is 1. The molecule has 0 saturated heterocycles. The second kappa shape index (κ2) is 8.04. The van der Waals surface area contributed by atoms with Crippen molar-refractivity contribution in [2.24, 2.45) is 5.92 Å². The summed E-state index contributed by atoms with van der Waals surface area (Å²) in [5.74, 6) is -0.229. The maximum absolute atomic E-state index is 11.7. The van der Waals surface area contributed by atoms with Gasteiger partial charge in [0.15, 0.2) is 6.61 Å². The van der Waals surface area contributed by atoms with Gasteiger partial charge in [-0.15, -0.1) is 0 Å². The van der Waals surface area contributed by atoms with Gasteiger partial charge in [-0.3, -0.25) is 0 Å². The Balaban J connectivity index is 2.48. The van der Waals surface area contributed by atoms with E-state index in [-0.39, 0.29) is 6.03 Å². The largest absolute Gasteiger partial charge is 0.482 e. The third-order valence-electron chi connectivity index (χ3n) is 2.76. The topological polar surface area (TPSA) is 87.7 Å². The number of carbonyl (C=O) groups excluding carboxylic acids is 1. The zero-order valence-corrected chi connectivity index (χ0v) is 11.7. The van der Waals surface area contributed by atoms with Crippen LogP contribution in [0.4, 0.5) is 10.5 Å². The Morgan fingerprint density at radius 2 is 2.15 bits per heavy atom. The number of carbonyl (C=O) groups is 2. The molecule has 0 fully saturated rings. The van der Waals surface area contributed by atoms with E-state index in [1.807, 2.05) is 0 Å². The number of aliphatic carboxylic acids is 1. The van der Waals surface area contributed by atoms with Gasteiger partial charge in [0.05, 0.1) is 0 Å². The molecular weight excluding hydrogens is 260 g/mol. The fourth-order valence-electron chi connectivity index (χ4n) is 1.40. The summed E-state index contributed by atoms with van der Waals surface area (Å²) in [6, 6.07) is 6.30. The molecule has 0 aliphatic heterocycles. The molecule has 6 heteroatoms. The molecule has 0 saturated carbocycles. The van der Waals surface area contributed by atoms with E-state index in [1.165, 1.54) is 0 Å². The summed E-state index contributed by atoms with van der Waals surface area (Å²) in [7, 11) is 0. The number of hydrogen-bond donors (Lipinski definition) is 3. The van der Waals surface area contributed by atoms with Gasteiger partial charge in [0.1, 0.15) is 5.75 Å². The van der Waals surface area contributed by atoms with Crippen LogP contribution in [0.3, 0.4) is 0 Å². The molecule has 0 heterocycles. The maximum atomic E-state index is 11.7. The fraction of sp³-hybridized carbons (Fsp3) is 0.429. The van der Waals surface area contributed by atoms with Crippen molar-refractivity contribution in [2.45, 2.75) is 20.3 Å². The normalized spacial score (nSPS) is 11.5. The van der Waals surface area contributed by atoms with Crippen LogP contribution in [0.25, 0.3) is 0 Å². The molecule has 6 nitrogen and oxygen atoms in total. The van der Waals surface area contributed by atoms with Crippen molar-refractivity contribution < 1.29 is 19.4 Å². The highest BCUT2D eigenvalue weighted by Gasteiger charge is 2.05. The van der Waals surface area contributed by atoms with E-state index < -0.39 is 12.6 Å². The van der Waals surface area contributed by atoms with Gasteiger partial charge < -0.3 is 20.5 Å². The zero-order chi connectivity index (χ0) is 15.0. The van der Waals surface area contributed by atoms with E-state index in [0.717, 1.165) is 6.42 Å². The van der Waals surface area contributed by atoms with Gasteiger partial charge in [-0.25, -0.2) is 9.59 Å². The highest BCUT2D eigenvalue weighted by atomic mass is 16.5. The van der Waals surface area contributed by atoms with Gasteiger partial charge >= 0.3 is 12.0 Å². The molecule has 0 spiro atoms. The van der Waals surface area contributed by atoms with E-state index in [2.05, 4.69) is 24.5 Å². The summed E-state index contributed by atoms with van der Waals surface area (Å²) in [6.07, 6.45) is 0.999. The summed E-state index contributed by atoms with van der Waals surface area (Å²) in [5.41, 5.74) is 0.551. The Morgan fingerprint density at radius 3 is 2.80 bits per heavy atom. The Hall–Kier alpha value is -2.24. The van der Waals surface area contributed by atoms with Crippen LogP contribution < -0.4 is 15.4 Å². The molecule has 1 atom stereocenters. The number of hydrogen-bond acceptors (Lipinski definition) is 3. The lowest BCUT2D eigenvalue weighted by Gasteiger charge is -2.12. The molecule has 0 aliphatic rings. The van der Waals surface area contributed by atoms with Gasteiger partial charge in [0, 0.05) is 18.3 Å². The first-order chi connectivity index (χ1) is 9.51. The number of anilines is 1. The second-order valence-electron chi connectivity index (χ2n) is 4.56. The van der Waals surface area contributed by atoms with Gasteiger partial charge in [-0.05, 0) is 18.1 Å². The second-order valence-corrected chi connectivity index (χ2v) is 4.56. The number of rotatable bonds is 7. The smallest absolute Gasteiger partial charge is 0.341 e. The lowest BCUT2D eigenvalue weighted by Crippen LogP contribution is -2.32. The molecular formula is C14H20N2O4. The van der Waals surface area contributed by atoms with Crippen molar-refractivity contribution >= 4 is 17.7 Å². The summed E-state index contributed by atoms with van der Waals surface area (Å²) in [5, 5.41) is 14.0. The molecule has 2 amide bonds. The molecule has 1 rings (SSSR count). The summed E-state index contributed by atoms with van der Waals surface area (Å²) >= 11 is 0. The third-order valence-corrected chi connectivity index (χ3v) is 2.76. The van der Waals surface area contributed by atoms with E-state index in [1.54, 1.807) is 24.3 Å². The van der Waals surface area contributed by atoms with E-state index in [9.17, 15) is 9.59 Å². The monoisotopic (exact) mass is 280 g/mol. The van der Waals surface area contributed by atoms with Crippen molar-refractivity contribution in [3.63, 3.8) is 0 Å². The molecule has 110 valence electrons. The first-order valence-electron chi connectivity index (χ1n) is 6.50. The Labute approximate surface area is 118 Å². The molecule has 0 bridgehead atoms. The predicted molar refractivity (Wildman–Crippen MR) is 76.0 cm³/mol. The van der Waals surface area contributed by atoms with Crippen molar-refractivity contribution in [1.29, 1.82) is 0 Å². The van der Waals surface area contributed by atoms with E-state index in [0.29, 0.717) is 23.9 Å². The molecule has 1 unspecified atom stereocenters. The fourth-order valence-corrected chi connectivity index (χ4v) is 1.40. The van der Waals surface area contributed by atoms with Crippen LogP contribution in [0, 0.1) is 5.92 Å². The number of ether oxygens (including phenoxy) is 1. The highest BCUT2D eigenvalue weighted by molar-refractivity contribution is 5.89. The zero-order valence-electron chi connectivity index (χ0n) is 11.7. The highest BCUT2D eigenvalue weighted by Crippen LogP contribution is 2.17. The number of nitrogens with one attached hydrogen (secondary N) is 2. The molecule has 3 N–H and O–H groups in total. The Morgan fingerprint density at radius 1 is 1.40 bits per heavy atom. The summed E-state index contributed by atoms with van der Waals surface area (Å²) in [4.78, 5) is 22.1. The number of amides is 2. The number of carboxylic acid groups (broad SMARTS) is 1. The average molecular weight is 280 g/mol. The Kier molecular flexibility index (Phi) is 6.36. The van der Waals surface area contributed by atoms with E-state index >= 15 is 0 Å². The van der Waals surface area contributed by atoms with Crippen LogP contribution in [-0.4, -0.2) is 30.3 Å². The molecule has 20 heavy (non-hydrogen) atoms. The van der Waals surface area contributed by atoms with Gasteiger partial charge in [-0.2, -0.15) is 0 Å². The standard InChI is InChI=1S/C14H20N2O4/c1-3-10(2)8-15-14(19)16-11-5-4-6-12(7-11)20-9-13(17)18/h4-7,10H,3,8-9H2,1-2H3,(H,17,18)(H2,15,16,19). The maximum Gasteiger partial charge on any atom is 0.341 e. The van der Waals surface area contributed by atoms with Crippen LogP contribution in [0.5, 0.6) is 5.75 Å². The van der Waals surface area contributed by atoms with Crippen molar-refractivity contribution in [1.82, 2.24) is 5.32 Å². The molecule has 1 aromatic rings. The number of urea groups is 1. The lowest BCUT2D eigenvalue weighted by molar-refractivity contribution is -0.139. The first-order valence-corrected chi connectivity index (χ1v) is 6.50. The molecule has 0 aliphatic carbocycles.